The number of hydrogen-bond acceptors (Lipinski definition) is 3. The lowest BCUT2D eigenvalue weighted by Crippen LogP contribution is -2.45. The summed E-state index contributed by atoms with van der Waals surface area (Å²) >= 11 is 0. The summed E-state index contributed by atoms with van der Waals surface area (Å²) in [6, 6.07) is 8.38. The first-order valence-electron chi connectivity index (χ1n) is 8.89. The largest absolute Gasteiger partial charge is 0.486 e. The van der Waals surface area contributed by atoms with Gasteiger partial charge in [-0.2, -0.15) is 0 Å². The molecule has 1 atom stereocenters. The number of carbonyl (C=O) groups is 1. The summed E-state index contributed by atoms with van der Waals surface area (Å²) in [5.74, 6) is 1.73. The van der Waals surface area contributed by atoms with E-state index in [4.69, 9.17) is 4.74 Å². The second kappa shape index (κ2) is 5.82. The average molecular weight is 314 g/mol. The van der Waals surface area contributed by atoms with Crippen molar-refractivity contribution in [2.45, 2.75) is 44.2 Å². The summed E-state index contributed by atoms with van der Waals surface area (Å²) in [5, 5.41) is 0. The second-order valence-electron chi connectivity index (χ2n) is 7.52. The van der Waals surface area contributed by atoms with Crippen LogP contribution in [0, 0.1) is 5.92 Å². The van der Waals surface area contributed by atoms with E-state index in [2.05, 4.69) is 41.1 Å². The second-order valence-corrected chi connectivity index (χ2v) is 7.52. The molecule has 1 saturated carbocycles. The molecule has 4 nitrogen and oxygen atoms in total. The predicted octanol–water partition coefficient (Wildman–Crippen LogP) is 2.67. The Bertz CT molecular complexity index is 599. The number of rotatable bonds is 1. The summed E-state index contributed by atoms with van der Waals surface area (Å²) in [4.78, 5) is 16.8. The molecule has 1 amide bonds. The van der Waals surface area contributed by atoms with E-state index < -0.39 is 0 Å². The fourth-order valence-electron chi connectivity index (χ4n) is 4.07. The lowest BCUT2D eigenvalue weighted by molar-refractivity contribution is -0.132. The van der Waals surface area contributed by atoms with E-state index >= 15 is 0 Å². The van der Waals surface area contributed by atoms with Crippen LogP contribution in [0.5, 0.6) is 5.75 Å². The molecule has 1 unspecified atom stereocenters. The number of amides is 1. The first kappa shape index (κ1) is 15.0. The molecule has 0 bridgehead atoms. The molecule has 0 N–H and O–H groups in total. The average Bonchev–Trinajstić information content (AvgIpc) is 3.36. The molecule has 23 heavy (non-hydrogen) atoms. The van der Waals surface area contributed by atoms with Crippen LogP contribution in [0.3, 0.4) is 0 Å². The lowest BCUT2D eigenvalue weighted by atomic mass is 9.94. The van der Waals surface area contributed by atoms with Crippen LogP contribution in [0.2, 0.25) is 0 Å². The van der Waals surface area contributed by atoms with Crippen molar-refractivity contribution in [1.82, 2.24) is 9.80 Å². The van der Waals surface area contributed by atoms with E-state index in [-0.39, 0.29) is 5.60 Å². The minimum Gasteiger partial charge on any atom is -0.486 e. The Morgan fingerprint density at radius 1 is 1.22 bits per heavy atom. The fourth-order valence-corrected chi connectivity index (χ4v) is 4.07. The molecule has 124 valence electrons. The molecule has 1 aliphatic carbocycles. The van der Waals surface area contributed by atoms with Crippen molar-refractivity contribution >= 4 is 5.91 Å². The van der Waals surface area contributed by atoms with Crippen LogP contribution >= 0.6 is 0 Å². The third kappa shape index (κ3) is 3.09. The zero-order valence-electron chi connectivity index (χ0n) is 14.0. The van der Waals surface area contributed by atoms with Gasteiger partial charge in [0.25, 0.3) is 0 Å². The summed E-state index contributed by atoms with van der Waals surface area (Å²) in [5.41, 5.74) is 1.11. The number of hydrogen-bond donors (Lipinski definition) is 0. The van der Waals surface area contributed by atoms with Crippen LogP contribution < -0.4 is 4.74 Å². The third-order valence-corrected chi connectivity index (χ3v) is 5.43. The smallest absolute Gasteiger partial charge is 0.225 e. The van der Waals surface area contributed by atoms with Gasteiger partial charge in [-0.25, -0.2) is 0 Å². The summed E-state index contributed by atoms with van der Waals surface area (Å²) in [6.07, 6.45) is 5.18. The number of carbonyl (C=O) groups excluding carboxylic acids is 1. The van der Waals surface area contributed by atoms with Crippen molar-refractivity contribution in [3.63, 3.8) is 0 Å². The molecular weight excluding hydrogens is 288 g/mol. The van der Waals surface area contributed by atoms with E-state index in [1.54, 1.807) is 0 Å². The normalized spacial score (nSPS) is 28.7. The topological polar surface area (TPSA) is 32.8 Å². The standard InChI is InChI=1S/C19H26N2O2/c1-20-13-16-5-2-3-6-17(16)23-19(14-20)9-4-11-21(12-10-19)18(22)15-7-8-15/h2-3,5-6,15H,4,7-14H2,1H3. The number of likely N-dealkylation sites (tertiary alicyclic amines) is 1. The molecular formula is C19H26N2O2. The maximum Gasteiger partial charge on any atom is 0.225 e. The number of para-hydroxylation sites is 1. The van der Waals surface area contributed by atoms with E-state index in [1.165, 1.54) is 5.56 Å². The Hall–Kier alpha value is -1.55. The minimum absolute atomic E-state index is 0.153. The van der Waals surface area contributed by atoms with Gasteiger partial charge in [0.2, 0.25) is 5.91 Å². The van der Waals surface area contributed by atoms with Gasteiger partial charge in [0.1, 0.15) is 11.4 Å². The molecule has 1 aromatic rings. The molecule has 4 heteroatoms. The zero-order chi connectivity index (χ0) is 15.9. The minimum atomic E-state index is -0.153. The number of ether oxygens (including phenoxy) is 1. The highest BCUT2D eigenvalue weighted by atomic mass is 16.5. The lowest BCUT2D eigenvalue weighted by Gasteiger charge is -2.34. The van der Waals surface area contributed by atoms with E-state index in [1.807, 2.05) is 0 Å². The molecule has 2 aliphatic heterocycles. The molecule has 2 heterocycles. The van der Waals surface area contributed by atoms with Crippen molar-refractivity contribution in [2.75, 3.05) is 26.7 Å². The van der Waals surface area contributed by atoms with E-state index in [0.29, 0.717) is 11.8 Å². The molecule has 0 radical (unpaired) electrons. The fraction of sp³-hybridized carbons (Fsp3) is 0.632. The maximum atomic E-state index is 12.4. The SMILES string of the molecule is CN1Cc2ccccc2OC2(CCCN(C(=O)C3CC3)CC2)C1. The molecule has 1 spiro atoms. The van der Waals surface area contributed by atoms with Crippen molar-refractivity contribution in [2.24, 2.45) is 5.92 Å². The Morgan fingerprint density at radius 3 is 2.87 bits per heavy atom. The first-order chi connectivity index (χ1) is 11.2. The van der Waals surface area contributed by atoms with Gasteiger partial charge in [-0.3, -0.25) is 9.69 Å². The zero-order valence-corrected chi connectivity index (χ0v) is 14.0. The highest BCUT2D eigenvalue weighted by Crippen LogP contribution is 2.36. The Kier molecular flexibility index (Phi) is 3.80. The van der Waals surface area contributed by atoms with E-state index in [0.717, 1.165) is 64.0 Å². The molecule has 1 aromatic carbocycles. The first-order valence-corrected chi connectivity index (χ1v) is 8.89. The highest BCUT2D eigenvalue weighted by Gasteiger charge is 2.41. The number of benzene rings is 1. The predicted molar refractivity (Wildman–Crippen MR) is 89.3 cm³/mol. The molecule has 3 aliphatic rings. The van der Waals surface area contributed by atoms with Gasteiger partial charge in [0.05, 0.1) is 0 Å². The van der Waals surface area contributed by atoms with Gasteiger partial charge < -0.3 is 9.64 Å². The maximum absolute atomic E-state index is 12.4. The number of fused-ring (bicyclic) bond motifs is 1. The van der Waals surface area contributed by atoms with Gasteiger partial charge in [-0.15, -0.1) is 0 Å². The van der Waals surface area contributed by atoms with Gasteiger partial charge in [0.15, 0.2) is 0 Å². The van der Waals surface area contributed by atoms with Crippen LogP contribution in [0.4, 0.5) is 0 Å². The summed E-state index contributed by atoms with van der Waals surface area (Å²) < 4.78 is 6.56. The van der Waals surface area contributed by atoms with Gasteiger partial charge in [0, 0.05) is 44.1 Å². The summed E-state index contributed by atoms with van der Waals surface area (Å²) in [7, 11) is 2.17. The van der Waals surface area contributed by atoms with Crippen LogP contribution in [0.25, 0.3) is 0 Å². The van der Waals surface area contributed by atoms with Gasteiger partial charge in [-0.1, -0.05) is 18.2 Å². The van der Waals surface area contributed by atoms with Crippen molar-refractivity contribution in [1.29, 1.82) is 0 Å². The third-order valence-electron chi connectivity index (χ3n) is 5.43. The highest BCUT2D eigenvalue weighted by molar-refractivity contribution is 5.81. The van der Waals surface area contributed by atoms with Crippen LogP contribution in [-0.2, 0) is 11.3 Å². The Morgan fingerprint density at radius 2 is 2.04 bits per heavy atom. The Balaban J connectivity index is 1.54. The van der Waals surface area contributed by atoms with Crippen LogP contribution in [0.1, 0.15) is 37.7 Å². The molecule has 0 aromatic heterocycles. The van der Waals surface area contributed by atoms with Crippen molar-refractivity contribution in [3.8, 4) is 5.75 Å². The Labute approximate surface area is 138 Å². The van der Waals surface area contributed by atoms with E-state index in [9.17, 15) is 4.79 Å². The molecule has 2 fully saturated rings. The van der Waals surface area contributed by atoms with Crippen LogP contribution in [0.15, 0.2) is 24.3 Å². The van der Waals surface area contributed by atoms with Crippen molar-refractivity contribution < 1.29 is 9.53 Å². The molecule has 4 rings (SSSR count). The monoisotopic (exact) mass is 314 g/mol. The van der Waals surface area contributed by atoms with Crippen molar-refractivity contribution in [3.05, 3.63) is 29.8 Å². The van der Waals surface area contributed by atoms with Gasteiger partial charge in [-0.05, 0) is 38.8 Å². The van der Waals surface area contributed by atoms with Gasteiger partial charge >= 0.3 is 0 Å². The number of nitrogens with zero attached hydrogens (tertiary/aromatic N) is 2. The molecule has 1 saturated heterocycles. The quantitative estimate of drug-likeness (QED) is 0.799. The number of likely N-dealkylation sites (N-methyl/N-ethyl adjacent to an activating group) is 1. The summed E-state index contributed by atoms with van der Waals surface area (Å²) in [6.45, 7) is 3.60. The van der Waals surface area contributed by atoms with Crippen LogP contribution in [-0.4, -0.2) is 48.0 Å².